The van der Waals surface area contributed by atoms with Gasteiger partial charge in [0, 0.05) is 18.8 Å². The monoisotopic (exact) mass is 328 g/mol. The van der Waals surface area contributed by atoms with Gasteiger partial charge in [0.15, 0.2) is 5.69 Å². The van der Waals surface area contributed by atoms with Crippen molar-refractivity contribution in [3.63, 3.8) is 0 Å². The van der Waals surface area contributed by atoms with Crippen LogP contribution in [0.25, 0.3) is 5.65 Å². The number of imidazole rings is 1. The average Bonchev–Trinajstić information content (AvgIpc) is 3.18. The molecule has 3 aromatic heterocycles. The van der Waals surface area contributed by atoms with Crippen LogP contribution in [0.3, 0.4) is 0 Å². The van der Waals surface area contributed by atoms with Crippen LogP contribution in [-0.4, -0.2) is 31.9 Å². The molecule has 7 heteroatoms. The van der Waals surface area contributed by atoms with Gasteiger partial charge in [0.2, 0.25) is 5.95 Å². The van der Waals surface area contributed by atoms with Gasteiger partial charge in [-0.3, -0.25) is 9.20 Å². The van der Waals surface area contributed by atoms with Crippen LogP contribution < -0.4 is 0 Å². The number of carbonyl (C=O) groups excluding carboxylic acids is 1. The molecule has 0 N–H and O–H groups in total. The van der Waals surface area contributed by atoms with Gasteiger partial charge in [0.25, 0.3) is 5.91 Å². The van der Waals surface area contributed by atoms with E-state index in [2.05, 4.69) is 10.1 Å². The Kier molecular flexibility index (Phi) is 3.55. The van der Waals surface area contributed by atoms with Gasteiger partial charge in [0.1, 0.15) is 17.1 Å². The molecular formula is C17H17FN4O2. The lowest BCUT2D eigenvalue weighted by atomic mass is 9.98. The third kappa shape index (κ3) is 2.36. The molecular weight excluding hydrogens is 311 g/mol. The number of aryl methyl sites for hydroxylation is 1. The Labute approximate surface area is 137 Å². The molecule has 1 unspecified atom stereocenters. The average molecular weight is 328 g/mol. The molecule has 24 heavy (non-hydrogen) atoms. The van der Waals surface area contributed by atoms with E-state index in [1.165, 1.54) is 4.40 Å². The smallest absolute Gasteiger partial charge is 0.277 e. The van der Waals surface area contributed by atoms with Crippen molar-refractivity contribution in [2.75, 3.05) is 6.54 Å². The summed E-state index contributed by atoms with van der Waals surface area (Å²) in [7, 11) is 0. The first-order chi connectivity index (χ1) is 11.6. The molecule has 1 aliphatic rings. The predicted molar refractivity (Wildman–Crippen MR) is 84.0 cm³/mol. The Hall–Kier alpha value is -2.70. The molecule has 0 radical (unpaired) electrons. The topological polar surface area (TPSA) is 63.6 Å². The van der Waals surface area contributed by atoms with Crippen molar-refractivity contribution in [2.24, 2.45) is 0 Å². The van der Waals surface area contributed by atoms with E-state index < -0.39 is 11.9 Å². The van der Waals surface area contributed by atoms with Crippen molar-refractivity contribution in [3.05, 3.63) is 53.6 Å². The molecule has 1 atom stereocenters. The predicted octanol–water partition coefficient (Wildman–Crippen LogP) is 3.14. The van der Waals surface area contributed by atoms with Gasteiger partial charge in [-0.25, -0.2) is 4.98 Å². The number of hydrogen-bond donors (Lipinski definition) is 0. The molecule has 6 nitrogen and oxygen atoms in total. The van der Waals surface area contributed by atoms with Crippen molar-refractivity contribution < 1.29 is 13.7 Å². The van der Waals surface area contributed by atoms with E-state index in [1.807, 2.05) is 13.0 Å². The first-order valence-corrected chi connectivity index (χ1v) is 8.02. The van der Waals surface area contributed by atoms with Crippen molar-refractivity contribution in [2.45, 2.75) is 32.2 Å². The molecule has 1 amide bonds. The molecule has 0 saturated carbocycles. The normalized spacial score (nSPS) is 18.2. The number of pyridine rings is 1. The molecule has 1 fully saturated rings. The van der Waals surface area contributed by atoms with Crippen LogP contribution in [0.5, 0.6) is 0 Å². The van der Waals surface area contributed by atoms with E-state index in [1.54, 1.807) is 29.3 Å². The largest absolute Gasteiger partial charge is 0.361 e. The Morgan fingerprint density at radius 1 is 1.38 bits per heavy atom. The standard InChI is InChI=1S/C17H17FN4O2/c1-11-10-12(20-24-11)13-6-2-4-8-21(13)17(23)15-16(18)22-9-5-3-7-14(22)19-15/h3,5,7,9-10,13H,2,4,6,8H2,1H3. The number of nitrogens with zero attached hydrogens (tertiary/aromatic N) is 4. The van der Waals surface area contributed by atoms with E-state index >= 15 is 0 Å². The zero-order valence-electron chi connectivity index (χ0n) is 13.3. The maximum Gasteiger partial charge on any atom is 0.277 e. The maximum absolute atomic E-state index is 14.6. The Bertz CT molecular complexity index is 901. The van der Waals surface area contributed by atoms with E-state index in [0.29, 0.717) is 23.6 Å². The van der Waals surface area contributed by atoms with Gasteiger partial charge in [-0.1, -0.05) is 11.2 Å². The van der Waals surface area contributed by atoms with Gasteiger partial charge in [-0.2, -0.15) is 4.39 Å². The quantitative estimate of drug-likeness (QED) is 0.725. The summed E-state index contributed by atoms with van der Waals surface area (Å²) in [5, 5.41) is 4.04. The van der Waals surface area contributed by atoms with Crippen LogP contribution in [0, 0.1) is 12.9 Å². The lowest BCUT2D eigenvalue weighted by molar-refractivity contribution is 0.0591. The highest BCUT2D eigenvalue weighted by Crippen LogP contribution is 2.32. The van der Waals surface area contributed by atoms with Gasteiger partial charge in [-0.15, -0.1) is 0 Å². The van der Waals surface area contributed by atoms with Crippen LogP contribution in [0.1, 0.15) is 47.2 Å². The number of piperidine rings is 1. The number of carbonyl (C=O) groups is 1. The summed E-state index contributed by atoms with van der Waals surface area (Å²) in [5.74, 6) is -0.334. The summed E-state index contributed by atoms with van der Waals surface area (Å²) in [6.45, 7) is 2.37. The molecule has 4 heterocycles. The van der Waals surface area contributed by atoms with Gasteiger partial charge in [0.05, 0.1) is 6.04 Å². The minimum Gasteiger partial charge on any atom is -0.361 e. The van der Waals surface area contributed by atoms with E-state index in [9.17, 15) is 9.18 Å². The fraction of sp³-hybridized carbons (Fsp3) is 0.353. The minimum absolute atomic E-state index is 0.145. The fourth-order valence-electron chi connectivity index (χ4n) is 3.26. The molecule has 0 bridgehead atoms. The summed E-state index contributed by atoms with van der Waals surface area (Å²) in [6.07, 6.45) is 4.22. The number of hydrogen-bond acceptors (Lipinski definition) is 4. The molecule has 3 aromatic rings. The summed E-state index contributed by atoms with van der Waals surface area (Å²) in [4.78, 5) is 18.8. The van der Waals surface area contributed by atoms with Crippen molar-refractivity contribution in [1.82, 2.24) is 19.4 Å². The number of rotatable bonds is 2. The molecule has 0 aromatic carbocycles. The fourth-order valence-corrected chi connectivity index (χ4v) is 3.26. The number of aromatic nitrogens is 3. The Balaban J connectivity index is 1.71. The zero-order valence-corrected chi connectivity index (χ0v) is 13.3. The van der Waals surface area contributed by atoms with Crippen LogP contribution in [-0.2, 0) is 0 Å². The molecule has 0 aliphatic carbocycles. The first-order valence-electron chi connectivity index (χ1n) is 8.02. The highest BCUT2D eigenvalue weighted by Gasteiger charge is 2.33. The third-order valence-corrected chi connectivity index (χ3v) is 4.43. The molecule has 0 spiro atoms. The van der Waals surface area contributed by atoms with Gasteiger partial charge < -0.3 is 9.42 Å². The zero-order chi connectivity index (χ0) is 16.7. The molecule has 4 rings (SSSR count). The van der Waals surface area contributed by atoms with Crippen molar-refractivity contribution in [3.8, 4) is 0 Å². The van der Waals surface area contributed by atoms with Crippen molar-refractivity contribution in [1.29, 1.82) is 0 Å². The van der Waals surface area contributed by atoms with Crippen LogP contribution >= 0.6 is 0 Å². The summed E-state index contributed by atoms with van der Waals surface area (Å²) in [6, 6.07) is 6.77. The second kappa shape index (κ2) is 5.74. The highest BCUT2D eigenvalue weighted by atomic mass is 19.1. The van der Waals surface area contributed by atoms with E-state index in [4.69, 9.17) is 4.52 Å². The Morgan fingerprint density at radius 3 is 3.00 bits per heavy atom. The number of fused-ring (bicyclic) bond motifs is 1. The van der Waals surface area contributed by atoms with Gasteiger partial charge >= 0.3 is 0 Å². The Morgan fingerprint density at radius 2 is 2.25 bits per heavy atom. The van der Waals surface area contributed by atoms with Crippen LogP contribution in [0.2, 0.25) is 0 Å². The molecule has 124 valence electrons. The molecule has 1 aliphatic heterocycles. The molecule has 1 saturated heterocycles. The summed E-state index contributed by atoms with van der Waals surface area (Å²) in [5.41, 5.74) is 0.988. The second-order valence-corrected chi connectivity index (χ2v) is 6.05. The number of likely N-dealkylation sites (tertiary alicyclic amines) is 1. The number of amides is 1. The first kappa shape index (κ1) is 14.9. The van der Waals surface area contributed by atoms with Crippen molar-refractivity contribution >= 4 is 11.6 Å². The lowest BCUT2D eigenvalue weighted by Crippen LogP contribution is -2.39. The summed E-state index contributed by atoms with van der Waals surface area (Å²) >= 11 is 0. The minimum atomic E-state index is -0.628. The van der Waals surface area contributed by atoms with Crippen LogP contribution in [0.15, 0.2) is 35.0 Å². The third-order valence-electron chi connectivity index (χ3n) is 4.43. The SMILES string of the molecule is Cc1cc(C2CCCCN2C(=O)c2nc3ccccn3c2F)no1. The number of halogens is 1. The highest BCUT2D eigenvalue weighted by molar-refractivity contribution is 5.93. The van der Waals surface area contributed by atoms with Gasteiger partial charge in [-0.05, 0) is 38.3 Å². The van der Waals surface area contributed by atoms with Crippen LogP contribution in [0.4, 0.5) is 4.39 Å². The van der Waals surface area contributed by atoms with E-state index in [-0.39, 0.29) is 11.7 Å². The van der Waals surface area contributed by atoms with E-state index in [0.717, 1.165) is 19.3 Å². The second-order valence-electron chi connectivity index (χ2n) is 6.05. The maximum atomic E-state index is 14.6. The lowest BCUT2D eigenvalue weighted by Gasteiger charge is -2.34. The summed E-state index contributed by atoms with van der Waals surface area (Å²) < 4.78 is 21.0.